The average Bonchev–Trinajstić information content (AvgIpc) is 2.94. The number of nitrogens with zero attached hydrogens (tertiary/aromatic N) is 4. The van der Waals surface area contributed by atoms with Gasteiger partial charge in [-0.05, 0) is 0 Å². The van der Waals surface area contributed by atoms with Crippen molar-refractivity contribution in [2.75, 3.05) is 9.62 Å². The topological polar surface area (TPSA) is 163 Å². The van der Waals surface area contributed by atoms with E-state index in [4.69, 9.17) is 5.21 Å². The van der Waals surface area contributed by atoms with Crippen molar-refractivity contribution in [3.8, 4) is 0 Å². The van der Waals surface area contributed by atoms with Crippen molar-refractivity contribution in [3.63, 3.8) is 0 Å². The Bertz CT molecular complexity index is 1720. The fourth-order valence-electron chi connectivity index (χ4n) is 4.46. The van der Waals surface area contributed by atoms with Gasteiger partial charge in [-0.3, -0.25) is 4.79 Å². The van der Waals surface area contributed by atoms with Crippen molar-refractivity contribution in [1.82, 2.24) is 4.91 Å². The molecule has 4 rings (SSSR count). The van der Waals surface area contributed by atoms with E-state index in [-0.39, 0.29) is 16.9 Å². The Kier molecular flexibility index (Phi) is 8.95. The summed E-state index contributed by atoms with van der Waals surface area (Å²) in [4.78, 5) is 33.1. The fourth-order valence-corrected chi connectivity index (χ4v) is 9.26. The van der Waals surface area contributed by atoms with Crippen molar-refractivity contribution in [2.45, 2.75) is 15.9 Å². The van der Waals surface area contributed by atoms with Gasteiger partial charge in [0, 0.05) is 0 Å². The van der Waals surface area contributed by atoms with E-state index >= 15 is 0 Å². The Hall–Kier alpha value is -4.10. The van der Waals surface area contributed by atoms with Crippen LogP contribution in [-0.4, -0.2) is 49.8 Å². The van der Waals surface area contributed by atoms with Crippen molar-refractivity contribution >= 4 is 67.6 Å². The van der Waals surface area contributed by atoms with Gasteiger partial charge in [0.15, 0.2) is 0 Å². The normalized spacial score (nSPS) is 11.9. The van der Waals surface area contributed by atoms with E-state index in [1.54, 1.807) is 48.5 Å². The van der Waals surface area contributed by atoms with Crippen LogP contribution in [0.2, 0.25) is 9.88 Å². The number of benzene rings is 4. The molecule has 0 radical (unpaired) electrons. The SMILES string of the molecule is [CH3][SnH]([CH3])[c]1cccc2c(N([C@H](C(=O)Nc3ccc(C(=O)N=[N+]=NO)cc3)c3ccccc3)S(=O)(=O)O)cccc12. The van der Waals surface area contributed by atoms with E-state index in [1.807, 2.05) is 18.2 Å². The second-order valence-corrected chi connectivity index (χ2v) is 18.8. The summed E-state index contributed by atoms with van der Waals surface area (Å²) in [5.41, 5.74) is 0.870. The monoisotopic (exact) mass is 668 g/mol. The third-order valence-electron chi connectivity index (χ3n) is 6.21. The molecule has 0 fully saturated rings. The number of carbonyl (C=O) groups is 2. The van der Waals surface area contributed by atoms with Crippen LogP contribution in [0.3, 0.4) is 0 Å². The number of hydrogen-bond acceptors (Lipinski definition) is 5. The predicted molar refractivity (Wildman–Crippen MR) is 154 cm³/mol. The zero-order valence-corrected chi connectivity index (χ0v) is 25.7. The van der Waals surface area contributed by atoms with E-state index < -0.39 is 47.9 Å². The molecule has 40 heavy (non-hydrogen) atoms. The quantitative estimate of drug-likeness (QED) is 0.0846. The Morgan fingerprint density at radius 2 is 1.55 bits per heavy atom. The number of carbonyl (C=O) groups excluding carboxylic acids is 2. The first-order chi connectivity index (χ1) is 19.1. The molecule has 0 aliphatic heterocycles. The van der Waals surface area contributed by atoms with E-state index in [1.165, 1.54) is 27.8 Å². The van der Waals surface area contributed by atoms with Crippen molar-refractivity contribution in [1.29, 1.82) is 0 Å². The van der Waals surface area contributed by atoms with Gasteiger partial charge >= 0.3 is 218 Å². The molecule has 13 heteroatoms. The molecule has 2 amide bonds. The fraction of sp³-hybridized carbons (Fsp3) is 0.111. The third-order valence-corrected chi connectivity index (χ3v) is 12.1. The van der Waals surface area contributed by atoms with Crippen molar-refractivity contribution in [3.05, 3.63) is 102 Å². The van der Waals surface area contributed by atoms with Gasteiger partial charge < -0.3 is 5.21 Å². The molecular formula is C27H26N5O6SSn+. The molecule has 0 saturated heterocycles. The van der Waals surface area contributed by atoms with Gasteiger partial charge in [0.25, 0.3) is 4.91 Å². The molecular weight excluding hydrogens is 641 g/mol. The summed E-state index contributed by atoms with van der Waals surface area (Å²) in [6, 6.07) is 23.2. The van der Waals surface area contributed by atoms with Crippen LogP contribution in [0, 0.1) is 0 Å². The van der Waals surface area contributed by atoms with Crippen molar-refractivity contribution in [2.24, 2.45) is 10.4 Å². The van der Waals surface area contributed by atoms with Gasteiger partial charge in [-0.25, -0.2) is 0 Å². The van der Waals surface area contributed by atoms with Crippen LogP contribution in [-0.2, 0) is 15.1 Å². The summed E-state index contributed by atoms with van der Waals surface area (Å²) in [5, 5.41) is 18.1. The number of amides is 2. The third kappa shape index (κ3) is 6.37. The Balaban J connectivity index is 1.82. The second-order valence-electron chi connectivity index (χ2n) is 9.11. The van der Waals surface area contributed by atoms with Crippen LogP contribution in [0.1, 0.15) is 22.0 Å². The van der Waals surface area contributed by atoms with Crippen LogP contribution < -0.4 is 18.1 Å². The molecule has 0 heterocycles. The molecule has 0 aliphatic carbocycles. The Morgan fingerprint density at radius 1 is 0.900 bits per heavy atom. The first-order valence-electron chi connectivity index (χ1n) is 12.2. The minimum atomic E-state index is -4.96. The number of anilines is 2. The first-order valence-corrected chi connectivity index (χ1v) is 21.8. The molecule has 0 aliphatic rings. The summed E-state index contributed by atoms with van der Waals surface area (Å²) in [6.45, 7) is 0. The van der Waals surface area contributed by atoms with Gasteiger partial charge in [-0.15, -0.1) is 0 Å². The molecule has 0 spiro atoms. The second kappa shape index (κ2) is 12.4. The average molecular weight is 667 g/mol. The standard InChI is InChI=1S/C25H18N5O6S.2CH3.Sn.H/c31-24(27-28-29-33)19-13-15-20(16-14-19)26-25(32)23(18-8-2-1-3-9-18)30(37(34,35)36)22-12-6-10-17-7-4-5-11-21(17)22;;;;/h1-6,8-16,23H,(H2,26,31,32,34,35,36);2*1H3;;/p+1/t23-;;;;/m0..../s1. The van der Waals surface area contributed by atoms with Gasteiger partial charge in [-0.1, -0.05) is 0 Å². The molecule has 0 aromatic heterocycles. The van der Waals surface area contributed by atoms with Crippen LogP contribution in [0.4, 0.5) is 11.4 Å². The summed E-state index contributed by atoms with van der Waals surface area (Å²) in [6.07, 6.45) is 0. The Morgan fingerprint density at radius 3 is 2.17 bits per heavy atom. The van der Waals surface area contributed by atoms with Crippen LogP contribution in [0.5, 0.6) is 0 Å². The van der Waals surface area contributed by atoms with Gasteiger partial charge in [0.05, 0.1) is 0 Å². The number of hydrogen-bond donors (Lipinski definition) is 3. The predicted octanol–water partition coefficient (Wildman–Crippen LogP) is 4.02. The number of rotatable bonds is 8. The molecule has 0 saturated carbocycles. The summed E-state index contributed by atoms with van der Waals surface area (Å²) >= 11 is -2.05. The van der Waals surface area contributed by atoms with E-state index in [0.29, 0.717) is 10.9 Å². The van der Waals surface area contributed by atoms with E-state index in [0.717, 1.165) is 9.69 Å². The van der Waals surface area contributed by atoms with E-state index in [2.05, 4.69) is 30.5 Å². The molecule has 11 nitrogen and oxygen atoms in total. The zero-order chi connectivity index (χ0) is 28.9. The molecule has 4 aromatic rings. The first kappa shape index (κ1) is 28.9. The van der Waals surface area contributed by atoms with Gasteiger partial charge in [0.2, 0.25) is 5.11 Å². The van der Waals surface area contributed by atoms with Gasteiger partial charge in [0.1, 0.15) is 0 Å². The van der Waals surface area contributed by atoms with E-state index in [9.17, 15) is 22.6 Å². The molecule has 1 atom stereocenters. The van der Waals surface area contributed by atoms with Crippen LogP contribution >= 0.6 is 0 Å². The molecule has 4 aromatic carbocycles. The summed E-state index contributed by atoms with van der Waals surface area (Å²) in [5.74, 6) is -1.50. The maximum absolute atomic E-state index is 13.8. The van der Waals surface area contributed by atoms with Gasteiger partial charge in [-0.2, -0.15) is 0 Å². The summed E-state index contributed by atoms with van der Waals surface area (Å²) < 4.78 is 38.5. The molecule has 0 unspecified atom stereocenters. The van der Waals surface area contributed by atoms with Crippen LogP contribution in [0.25, 0.3) is 10.8 Å². The van der Waals surface area contributed by atoms with Crippen molar-refractivity contribution < 1.29 is 27.8 Å². The summed E-state index contributed by atoms with van der Waals surface area (Å²) in [7, 11) is -4.96. The molecule has 0 bridgehead atoms. The molecule has 3 N–H and O–H groups in total. The maximum atomic E-state index is 13.8. The van der Waals surface area contributed by atoms with Crippen LogP contribution in [0.15, 0.2) is 101 Å². The number of nitrogens with one attached hydrogen (secondary N) is 1. The zero-order valence-electron chi connectivity index (χ0n) is 21.5. The molecule has 204 valence electrons. The minimum absolute atomic E-state index is 0.117. The number of fused-ring (bicyclic) bond motifs is 1. The Labute approximate surface area is 237 Å².